The van der Waals surface area contributed by atoms with Gasteiger partial charge in [0.2, 0.25) is 0 Å². The number of ether oxygens (including phenoxy) is 1. The number of esters is 1. The molecule has 0 radical (unpaired) electrons. The Morgan fingerprint density at radius 2 is 2.11 bits per heavy atom. The van der Waals surface area contributed by atoms with Crippen molar-refractivity contribution >= 4 is 41.6 Å². The molecule has 1 aromatic carbocycles. The number of carbonyl (C=O) groups excluding carboxylic acids is 1. The van der Waals surface area contributed by atoms with E-state index in [2.05, 4.69) is 0 Å². The van der Waals surface area contributed by atoms with Gasteiger partial charge in [-0.2, -0.15) is 0 Å². The van der Waals surface area contributed by atoms with E-state index in [-0.39, 0.29) is 36.2 Å². The Labute approximate surface area is 121 Å². The third-order valence-corrected chi connectivity index (χ3v) is 2.67. The summed E-state index contributed by atoms with van der Waals surface area (Å²) in [6, 6.07) is 2.07. The third-order valence-electron chi connectivity index (χ3n) is 2.14. The summed E-state index contributed by atoms with van der Waals surface area (Å²) in [5.74, 6) is -0.565. The molecule has 0 aliphatic rings. The third kappa shape index (κ3) is 4.53. The number of hydrogen-bond donors (Lipinski definition) is 2. The molecule has 4 nitrogen and oxygen atoms in total. The van der Waals surface area contributed by atoms with E-state index in [4.69, 9.17) is 33.7 Å². The minimum Gasteiger partial charge on any atom is -0.508 e. The van der Waals surface area contributed by atoms with Gasteiger partial charge >= 0.3 is 5.97 Å². The number of phenols is 1. The fourth-order valence-electron chi connectivity index (χ4n) is 1.44. The lowest BCUT2D eigenvalue weighted by Crippen LogP contribution is -2.17. The van der Waals surface area contributed by atoms with E-state index >= 15 is 0 Å². The van der Waals surface area contributed by atoms with E-state index in [1.54, 1.807) is 6.92 Å². The zero-order valence-electron chi connectivity index (χ0n) is 9.65. The molecule has 0 aromatic heterocycles. The number of nitrogens with two attached hydrogens (primary N) is 1. The molecular formula is C11H14Cl3NO3. The molecule has 102 valence electrons. The zero-order chi connectivity index (χ0) is 13.0. The number of aromatic hydroxyl groups is 1. The van der Waals surface area contributed by atoms with E-state index in [0.29, 0.717) is 10.6 Å². The van der Waals surface area contributed by atoms with Gasteiger partial charge in [0.25, 0.3) is 0 Å². The average molecular weight is 315 g/mol. The van der Waals surface area contributed by atoms with Crippen LogP contribution in [0, 0.1) is 0 Å². The topological polar surface area (TPSA) is 72.5 Å². The zero-order valence-corrected chi connectivity index (χ0v) is 12.0. The highest BCUT2D eigenvalue weighted by Gasteiger charge is 2.19. The molecule has 0 bridgehead atoms. The maximum atomic E-state index is 11.3. The van der Waals surface area contributed by atoms with Crippen LogP contribution >= 0.6 is 35.6 Å². The van der Waals surface area contributed by atoms with Gasteiger partial charge in [-0.25, -0.2) is 0 Å². The van der Waals surface area contributed by atoms with Gasteiger partial charge in [0.05, 0.1) is 18.1 Å². The van der Waals surface area contributed by atoms with Gasteiger partial charge in [-0.15, -0.1) is 12.4 Å². The van der Waals surface area contributed by atoms with Crippen LogP contribution in [-0.2, 0) is 9.53 Å². The van der Waals surface area contributed by atoms with Gasteiger partial charge < -0.3 is 15.6 Å². The SMILES string of the molecule is CCOC(=O)C[C@H](N)c1c(O)cc(Cl)cc1Cl.Cl. The summed E-state index contributed by atoms with van der Waals surface area (Å²) < 4.78 is 4.77. The molecule has 0 saturated heterocycles. The quantitative estimate of drug-likeness (QED) is 0.838. The van der Waals surface area contributed by atoms with Gasteiger partial charge in [-0.1, -0.05) is 23.2 Å². The van der Waals surface area contributed by atoms with Crippen LogP contribution in [0.2, 0.25) is 10.0 Å². The van der Waals surface area contributed by atoms with Gasteiger partial charge in [-0.3, -0.25) is 4.79 Å². The Kier molecular flexibility index (Phi) is 7.40. The van der Waals surface area contributed by atoms with E-state index in [9.17, 15) is 9.90 Å². The summed E-state index contributed by atoms with van der Waals surface area (Å²) in [6.45, 7) is 1.99. The predicted octanol–water partition coefficient (Wildman–Crippen LogP) is 3.07. The monoisotopic (exact) mass is 313 g/mol. The number of benzene rings is 1. The second-order valence-corrected chi connectivity index (χ2v) is 4.28. The van der Waals surface area contributed by atoms with Crippen LogP contribution in [0.25, 0.3) is 0 Å². The maximum Gasteiger partial charge on any atom is 0.307 e. The Morgan fingerprint density at radius 3 is 2.61 bits per heavy atom. The van der Waals surface area contributed by atoms with Crippen LogP contribution in [0.5, 0.6) is 5.75 Å². The fraction of sp³-hybridized carbons (Fsp3) is 0.364. The molecule has 7 heteroatoms. The molecule has 0 unspecified atom stereocenters. The van der Waals surface area contributed by atoms with Crippen LogP contribution in [-0.4, -0.2) is 17.7 Å². The van der Waals surface area contributed by atoms with Crippen molar-refractivity contribution in [1.82, 2.24) is 0 Å². The van der Waals surface area contributed by atoms with E-state index in [0.717, 1.165) is 0 Å². The lowest BCUT2D eigenvalue weighted by molar-refractivity contribution is -0.143. The molecule has 0 heterocycles. The fourth-order valence-corrected chi connectivity index (χ4v) is 2.06. The Hall–Kier alpha value is -0.680. The van der Waals surface area contributed by atoms with Crippen molar-refractivity contribution in [3.63, 3.8) is 0 Å². The van der Waals surface area contributed by atoms with Crippen molar-refractivity contribution in [3.8, 4) is 5.75 Å². The normalized spacial score (nSPS) is 11.6. The number of halogens is 3. The number of carbonyl (C=O) groups is 1. The van der Waals surface area contributed by atoms with Gasteiger partial charge in [0, 0.05) is 16.6 Å². The highest BCUT2D eigenvalue weighted by Crippen LogP contribution is 2.34. The second-order valence-electron chi connectivity index (χ2n) is 3.44. The number of rotatable bonds is 4. The van der Waals surface area contributed by atoms with Crippen molar-refractivity contribution in [2.24, 2.45) is 5.73 Å². The maximum absolute atomic E-state index is 11.3. The smallest absolute Gasteiger partial charge is 0.307 e. The van der Waals surface area contributed by atoms with Crippen LogP contribution in [0.1, 0.15) is 24.9 Å². The van der Waals surface area contributed by atoms with Crippen molar-refractivity contribution in [2.75, 3.05) is 6.61 Å². The van der Waals surface area contributed by atoms with Gasteiger partial charge in [0.1, 0.15) is 5.75 Å². The summed E-state index contributed by atoms with van der Waals surface area (Å²) >= 11 is 11.6. The first-order chi connectivity index (χ1) is 7.95. The standard InChI is InChI=1S/C11H13Cl2NO3.ClH/c1-2-17-10(16)5-8(14)11-7(13)3-6(12)4-9(11)15;/h3-4,8,15H,2,5,14H2,1H3;1H/t8-;/m0./s1. The van der Waals surface area contributed by atoms with Gasteiger partial charge in [-0.05, 0) is 19.1 Å². The predicted molar refractivity (Wildman–Crippen MR) is 73.6 cm³/mol. The Balaban J connectivity index is 0.00000289. The molecule has 0 amide bonds. The molecule has 1 aromatic rings. The van der Waals surface area contributed by atoms with Gasteiger partial charge in [0.15, 0.2) is 0 Å². The molecule has 0 aliphatic carbocycles. The summed E-state index contributed by atoms with van der Waals surface area (Å²) in [5, 5.41) is 10.2. The molecule has 0 aliphatic heterocycles. The minimum atomic E-state index is -0.723. The molecule has 1 atom stereocenters. The summed E-state index contributed by atoms with van der Waals surface area (Å²) in [6.07, 6.45) is -0.0528. The summed E-state index contributed by atoms with van der Waals surface area (Å²) in [7, 11) is 0. The minimum absolute atomic E-state index is 0. The van der Waals surface area contributed by atoms with Crippen molar-refractivity contribution in [1.29, 1.82) is 0 Å². The van der Waals surface area contributed by atoms with Crippen LogP contribution in [0.15, 0.2) is 12.1 Å². The summed E-state index contributed by atoms with van der Waals surface area (Å²) in [5.41, 5.74) is 6.09. The average Bonchev–Trinajstić information content (AvgIpc) is 2.15. The molecule has 0 fully saturated rings. The Morgan fingerprint density at radius 1 is 1.50 bits per heavy atom. The van der Waals surface area contributed by atoms with Crippen LogP contribution in [0.3, 0.4) is 0 Å². The molecule has 0 saturated carbocycles. The molecule has 3 N–H and O–H groups in total. The molecule has 0 spiro atoms. The summed E-state index contributed by atoms with van der Waals surface area (Å²) in [4.78, 5) is 11.3. The van der Waals surface area contributed by atoms with E-state index in [1.807, 2.05) is 0 Å². The van der Waals surface area contributed by atoms with Crippen molar-refractivity contribution in [2.45, 2.75) is 19.4 Å². The lowest BCUT2D eigenvalue weighted by Gasteiger charge is -2.14. The molecule has 1 rings (SSSR count). The molecular weight excluding hydrogens is 300 g/mol. The first-order valence-electron chi connectivity index (χ1n) is 5.04. The van der Waals surface area contributed by atoms with Crippen LogP contribution in [0.4, 0.5) is 0 Å². The highest BCUT2D eigenvalue weighted by atomic mass is 35.5. The highest BCUT2D eigenvalue weighted by molar-refractivity contribution is 6.35. The van der Waals surface area contributed by atoms with Crippen molar-refractivity contribution < 1.29 is 14.6 Å². The van der Waals surface area contributed by atoms with E-state index < -0.39 is 12.0 Å². The van der Waals surface area contributed by atoms with Crippen molar-refractivity contribution in [3.05, 3.63) is 27.7 Å². The Bertz CT molecular complexity index is 403. The molecule has 18 heavy (non-hydrogen) atoms. The van der Waals surface area contributed by atoms with E-state index in [1.165, 1.54) is 12.1 Å². The first kappa shape index (κ1) is 17.3. The van der Waals surface area contributed by atoms with Crippen LogP contribution < -0.4 is 5.73 Å². The largest absolute Gasteiger partial charge is 0.508 e. The number of phenolic OH excluding ortho intramolecular Hbond substituents is 1. The number of hydrogen-bond acceptors (Lipinski definition) is 4. The lowest BCUT2D eigenvalue weighted by atomic mass is 10.0. The first-order valence-corrected chi connectivity index (χ1v) is 5.80. The second kappa shape index (κ2) is 7.69.